The molecule has 0 atom stereocenters. The Morgan fingerprint density at radius 2 is 1.28 bits per heavy atom. The van der Waals surface area contributed by atoms with Crippen molar-refractivity contribution < 1.29 is 16.8 Å². The standard InChI is InChI=1S/C19H14Cl2N2O4S2/c20-14-3-7-17(8-4-14)28(24,25)19(13-23-16-2-1-11-22-12-16)29(26,27)18-9-5-15(21)6-10-18/h1-13,19H. The summed E-state index contributed by atoms with van der Waals surface area (Å²) in [4.78, 5) is 7.52. The number of aromatic nitrogens is 1. The predicted molar refractivity (Wildman–Crippen MR) is 113 cm³/mol. The van der Waals surface area contributed by atoms with E-state index in [0.717, 1.165) is 6.21 Å². The molecule has 0 saturated heterocycles. The predicted octanol–water partition coefficient (Wildman–Crippen LogP) is 4.36. The first kappa shape index (κ1) is 21.4. The van der Waals surface area contributed by atoms with E-state index < -0.39 is 24.3 Å². The fraction of sp³-hybridized carbons (Fsp3) is 0.0526. The summed E-state index contributed by atoms with van der Waals surface area (Å²) in [5.41, 5.74) is 0.315. The van der Waals surface area contributed by atoms with E-state index in [0.29, 0.717) is 15.7 Å². The van der Waals surface area contributed by atoms with Crippen molar-refractivity contribution in [2.45, 2.75) is 14.4 Å². The minimum Gasteiger partial charge on any atom is -0.262 e. The summed E-state index contributed by atoms with van der Waals surface area (Å²) in [6.45, 7) is 0. The van der Waals surface area contributed by atoms with Crippen LogP contribution in [0, 0.1) is 0 Å². The Labute approximate surface area is 178 Å². The van der Waals surface area contributed by atoms with Crippen LogP contribution in [0.1, 0.15) is 0 Å². The zero-order valence-corrected chi connectivity index (χ0v) is 17.8. The minimum atomic E-state index is -4.35. The van der Waals surface area contributed by atoms with E-state index in [4.69, 9.17) is 23.2 Å². The summed E-state index contributed by atoms with van der Waals surface area (Å²) in [6.07, 6.45) is 3.80. The number of rotatable bonds is 6. The van der Waals surface area contributed by atoms with Crippen molar-refractivity contribution >= 4 is 54.8 Å². The summed E-state index contributed by atoms with van der Waals surface area (Å²) in [5, 5.41) is 0.648. The van der Waals surface area contributed by atoms with Crippen LogP contribution in [0.5, 0.6) is 0 Å². The lowest BCUT2D eigenvalue weighted by molar-refractivity contribution is 0.584. The van der Waals surface area contributed by atoms with Gasteiger partial charge >= 0.3 is 0 Å². The first-order chi connectivity index (χ1) is 13.7. The molecule has 0 saturated carbocycles. The van der Waals surface area contributed by atoms with E-state index in [-0.39, 0.29) is 9.79 Å². The van der Waals surface area contributed by atoms with Crippen LogP contribution in [0.2, 0.25) is 10.0 Å². The quantitative estimate of drug-likeness (QED) is 0.500. The molecular formula is C19H14Cl2N2O4S2. The van der Waals surface area contributed by atoms with Crippen LogP contribution in [0.15, 0.2) is 87.8 Å². The third-order valence-electron chi connectivity index (χ3n) is 3.89. The second-order valence-electron chi connectivity index (χ2n) is 5.86. The molecule has 0 aliphatic carbocycles. The Morgan fingerprint density at radius 1 is 0.793 bits per heavy atom. The van der Waals surface area contributed by atoms with E-state index in [2.05, 4.69) is 9.98 Å². The second kappa shape index (κ2) is 8.62. The van der Waals surface area contributed by atoms with Crippen LogP contribution in [0.3, 0.4) is 0 Å². The Balaban J connectivity index is 2.14. The molecule has 150 valence electrons. The molecule has 29 heavy (non-hydrogen) atoms. The molecule has 0 amide bonds. The van der Waals surface area contributed by atoms with Gasteiger partial charge in [-0.25, -0.2) is 16.8 Å². The molecule has 0 aliphatic heterocycles. The van der Waals surface area contributed by atoms with Crippen molar-refractivity contribution in [3.8, 4) is 0 Å². The SMILES string of the molecule is O=S(=O)(c1ccc(Cl)cc1)C(C=Nc1cccnc1)S(=O)(=O)c1ccc(Cl)cc1. The van der Waals surface area contributed by atoms with Crippen molar-refractivity contribution in [3.05, 3.63) is 83.1 Å². The molecule has 0 fully saturated rings. The molecule has 0 bridgehead atoms. The maximum atomic E-state index is 13.2. The number of nitrogens with zero attached hydrogens (tertiary/aromatic N) is 2. The summed E-state index contributed by atoms with van der Waals surface area (Å²) in [6, 6.07) is 13.7. The first-order valence-corrected chi connectivity index (χ1v) is 12.0. The van der Waals surface area contributed by atoms with Crippen molar-refractivity contribution in [1.82, 2.24) is 4.98 Å². The third kappa shape index (κ3) is 4.84. The lowest BCUT2D eigenvalue weighted by Crippen LogP contribution is -2.32. The Hall–Kier alpha value is -2.26. The maximum Gasteiger partial charge on any atom is 0.206 e. The Morgan fingerprint density at radius 3 is 1.69 bits per heavy atom. The number of sulfone groups is 2. The van der Waals surface area contributed by atoms with Gasteiger partial charge in [0.2, 0.25) is 24.3 Å². The topological polar surface area (TPSA) is 93.5 Å². The van der Waals surface area contributed by atoms with Gasteiger partial charge in [0.15, 0.2) is 0 Å². The molecule has 0 radical (unpaired) electrons. The molecule has 1 aromatic heterocycles. The lowest BCUT2D eigenvalue weighted by atomic mass is 10.4. The van der Waals surface area contributed by atoms with E-state index in [9.17, 15) is 16.8 Å². The monoisotopic (exact) mass is 468 g/mol. The van der Waals surface area contributed by atoms with E-state index in [1.165, 1.54) is 60.9 Å². The molecule has 3 aromatic rings. The summed E-state index contributed by atoms with van der Waals surface area (Å²) < 4.78 is 50.8. The van der Waals surface area contributed by atoms with Gasteiger partial charge in [0.05, 0.1) is 21.7 Å². The second-order valence-corrected chi connectivity index (χ2v) is 11.2. The molecule has 10 heteroatoms. The molecule has 0 spiro atoms. The van der Waals surface area contributed by atoms with Crippen molar-refractivity contribution in [2.24, 2.45) is 4.99 Å². The molecule has 2 aromatic carbocycles. The largest absolute Gasteiger partial charge is 0.262 e. The zero-order chi connectivity index (χ0) is 21.1. The van der Waals surface area contributed by atoms with Gasteiger partial charge in [-0.15, -0.1) is 0 Å². The molecule has 3 rings (SSSR count). The third-order valence-corrected chi connectivity index (χ3v) is 9.24. The molecule has 1 heterocycles. The number of benzene rings is 2. The van der Waals surface area contributed by atoms with E-state index in [1.54, 1.807) is 12.1 Å². The van der Waals surface area contributed by atoms with Gasteiger partial charge in [0, 0.05) is 22.5 Å². The highest BCUT2D eigenvalue weighted by molar-refractivity contribution is 8.10. The molecular weight excluding hydrogens is 455 g/mol. The van der Waals surface area contributed by atoms with Crippen molar-refractivity contribution in [1.29, 1.82) is 0 Å². The van der Waals surface area contributed by atoms with Crippen LogP contribution in [0.25, 0.3) is 0 Å². The van der Waals surface area contributed by atoms with Crippen LogP contribution in [-0.4, -0.2) is 32.6 Å². The highest BCUT2D eigenvalue weighted by Gasteiger charge is 2.39. The Kier molecular flexibility index (Phi) is 6.38. The molecule has 6 nitrogen and oxygen atoms in total. The highest BCUT2D eigenvalue weighted by atomic mass is 35.5. The number of hydrogen-bond donors (Lipinski definition) is 0. The first-order valence-electron chi connectivity index (χ1n) is 8.14. The molecule has 0 aliphatic rings. The van der Waals surface area contributed by atoms with Gasteiger partial charge in [-0.3, -0.25) is 9.98 Å². The van der Waals surface area contributed by atoms with Crippen molar-refractivity contribution in [2.75, 3.05) is 0 Å². The van der Waals surface area contributed by atoms with E-state index in [1.807, 2.05) is 0 Å². The Bertz CT molecular complexity index is 1150. The van der Waals surface area contributed by atoms with Crippen LogP contribution in [-0.2, 0) is 19.7 Å². The number of pyridine rings is 1. The zero-order valence-electron chi connectivity index (χ0n) is 14.7. The summed E-state index contributed by atoms with van der Waals surface area (Å²) in [7, 11) is -8.71. The van der Waals surface area contributed by atoms with Gasteiger partial charge in [0.1, 0.15) is 0 Å². The molecule has 0 N–H and O–H groups in total. The van der Waals surface area contributed by atoms with Gasteiger partial charge in [-0.2, -0.15) is 0 Å². The van der Waals surface area contributed by atoms with E-state index >= 15 is 0 Å². The fourth-order valence-electron chi connectivity index (χ4n) is 2.42. The van der Waals surface area contributed by atoms with Crippen molar-refractivity contribution in [3.63, 3.8) is 0 Å². The average molecular weight is 469 g/mol. The average Bonchev–Trinajstić information content (AvgIpc) is 2.69. The minimum absolute atomic E-state index is 0.193. The summed E-state index contributed by atoms with van der Waals surface area (Å²) >= 11 is 11.6. The fourth-order valence-corrected chi connectivity index (χ4v) is 6.68. The van der Waals surface area contributed by atoms with Crippen LogP contribution in [0.4, 0.5) is 5.69 Å². The number of aliphatic imine (C=N–C) groups is 1. The highest BCUT2D eigenvalue weighted by Crippen LogP contribution is 2.27. The number of halogens is 2. The van der Waals surface area contributed by atoms with Crippen LogP contribution >= 0.6 is 23.2 Å². The normalized spacial score (nSPS) is 12.5. The maximum absolute atomic E-state index is 13.2. The molecule has 0 unspecified atom stereocenters. The lowest BCUT2D eigenvalue weighted by Gasteiger charge is -2.15. The number of hydrogen-bond acceptors (Lipinski definition) is 6. The van der Waals surface area contributed by atoms with Gasteiger partial charge in [-0.05, 0) is 60.7 Å². The van der Waals surface area contributed by atoms with Gasteiger partial charge < -0.3 is 0 Å². The van der Waals surface area contributed by atoms with Gasteiger partial charge in [0.25, 0.3) is 0 Å². The summed E-state index contributed by atoms with van der Waals surface area (Å²) in [5.74, 6) is 0. The van der Waals surface area contributed by atoms with Gasteiger partial charge in [-0.1, -0.05) is 23.2 Å². The van der Waals surface area contributed by atoms with Crippen LogP contribution < -0.4 is 0 Å². The smallest absolute Gasteiger partial charge is 0.206 e.